The smallest absolute Gasteiger partial charge is 0.171 e. The predicted octanol–water partition coefficient (Wildman–Crippen LogP) is 3.26. The average Bonchev–Trinajstić information content (AvgIpc) is 2.61. The van der Waals surface area contributed by atoms with Gasteiger partial charge in [0.25, 0.3) is 0 Å². The van der Waals surface area contributed by atoms with Crippen molar-refractivity contribution in [2.45, 2.75) is 6.04 Å². The van der Waals surface area contributed by atoms with Gasteiger partial charge in [-0.3, -0.25) is 0 Å². The molecule has 0 saturated carbocycles. The molecule has 0 fully saturated rings. The van der Waals surface area contributed by atoms with Crippen LogP contribution in [0.25, 0.3) is 5.70 Å². The minimum atomic E-state index is 0.0201. The number of thiocarbonyl (C=S) groups is 1. The van der Waals surface area contributed by atoms with Crippen LogP contribution in [0.5, 0.6) is 11.5 Å². The number of nitrogens with one attached hydrogen (secondary N) is 2. The van der Waals surface area contributed by atoms with Crippen molar-refractivity contribution in [1.82, 2.24) is 10.6 Å². The molecule has 1 heterocycles. The molecule has 0 bridgehead atoms. The molecule has 1 aliphatic heterocycles. The number of hydrogen-bond acceptors (Lipinski definition) is 3. The Kier molecular flexibility index (Phi) is 4.48. The molecule has 2 aromatic rings. The van der Waals surface area contributed by atoms with E-state index in [-0.39, 0.29) is 6.04 Å². The highest BCUT2D eigenvalue weighted by Gasteiger charge is 2.18. The van der Waals surface area contributed by atoms with Crippen LogP contribution >= 0.6 is 12.2 Å². The Hall–Kier alpha value is -2.53. The van der Waals surface area contributed by atoms with E-state index < -0.39 is 0 Å². The molecule has 23 heavy (non-hydrogen) atoms. The monoisotopic (exact) mass is 326 g/mol. The van der Waals surface area contributed by atoms with Gasteiger partial charge in [-0.15, -0.1) is 0 Å². The lowest BCUT2D eigenvalue weighted by atomic mass is 10.0. The largest absolute Gasteiger partial charge is 0.497 e. The van der Waals surface area contributed by atoms with E-state index in [1.807, 2.05) is 48.5 Å². The maximum absolute atomic E-state index is 5.34. The molecule has 118 valence electrons. The van der Waals surface area contributed by atoms with Crippen LogP contribution in [0.15, 0.2) is 54.6 Å². The van der Waals surface area contributed by atoms with Crippen molar-refractivity contribution in [3.63, 3.8) is 0 Å². The molecule has 0 amide bonds. The third kappa shape index (κ3) is 3.46. The summed E-state index contributed by atoms with van der Waals surface area (Å²) in [6.45, 7) is 0. The molecule has 3 rings (SSSR count). The van der Waals surface area contributed by atoms with E-state index in [9.17, 15) is 0 Å². The van der Waals surface area contributed by atoms with Crippen molar-refractivity contribution in [3.05, 3.63) is 65.7 Å². The molecule has 0 unspecified atom stereocenters. The topological polar surface area (TPSA) is 42.5 Å². The fourth-order valence-corrected chi connectivity index (χ4v) is 2.72. The highest BCUT2D eigenvalue weighted by molar-refractivity contribution is 7.80. The first kappa shape index (κ1) is 15.4. The first-order valence-corrected chi connectivity index (χ1v) is 7.68. The Bertz CT molecular complexity index is 724. The second-order valence-electron chi connectivity index (χ2n) is 5.16. The standard InChI is InChI=1S/C18H18N2O2S/c1-21-14-7-3-12(4-8-14)16-11-17(20-18(23)19-16)13-5-9-15(22-2)10-6-13/h3-11,16H,1-2H3,(H2,19,20,23)/t16-/m0/s1. The number of benzene rings is 2. The molecule has 5 heteroatoms. The van der Waals surface area contributed by atoms with Crippen molar-refractivity contribution < 1.29 is 9.47 Å². The minimum absolute atomic E-state index is 0.0201. The highest BCUT2D eigenvalue weighted by atomic mass is 32.1. The van der Waals surface area contributed by atoms with Crippen LogP contribution < -0.4 is 20.1 Å². The molecule has 0 radical (unpaired) electrons. The molecule has 0 aromatic heterocycles. The highest BCUT2D eigenvalue weighted by Crippen LogP contribution is 2.25. The Morgan fingerprint density at radius 3 is 2.00 bits per heavy atom. The van der Waals surface area contributed by atoms with Gasteiger partial charge in [0.2, 0.25) is 0 Å². The van der Waals surface area contributed by atoms with Crippen LogP contribution in [0.1, 0.15) is 17.2 Å². The van der Waals surface area contributed by atoms with E-state index in [0.717, 1.165) is 28.3 Å². The summed E-state index contributed by atoms with van der Waals surface area (Å²) in [5, 5.41) is 7.09. The normalized spacial score (nSPS) is 16.9. The zero-order valence-electron chi connectivity index (χ0n) is 13.0. The Labute approximate surface area is 141 Å². The van der Waals surface area contributed by atoms with Crippen molar-refractivity contribution in [2.24, 2.45) is 0 Å². The Morgan fingerprint density at radius 1 is 0.870 bits per heavy atom. The summed E-state index contributed by atoms with van der Waals surface area (Å²) in [6.07, 6.45) is 2.12. The van der Waals surface area contributed by atoms with Crippen molar-refractivity contribution in [1.29, 1.82) is 0 Å². The Balaban J connectivity index is 1.89. The zero-order chi connectivity index (χ0) is 16.2. The molecular formula is C18H18N2O2S. The number of hydrogen-bond donors (Lipinski definition) is 2. The third-order valence-electron chi connectivity index (χ3n) is 3.74. The summed E-state index contributed by atoms with van der Waals surface area (Å²) in [6, 6.07) is 15.9. The second-order valence-corrected chi connectivity index (χ2v) is 5.57. The van der Waals surface area contributed by atoms with E-state index in [0.29, 0.717) is 5.11 Å². The van der Waals surface area contributed by atoms with E-state index in [4.69, 9.17) is 21.7 Å². The predicted molar refractivity (Wildman–Crippen MR) is 95.6 cm³/mol. The maximum Gasteiger partial charge on any atom is 0.171 e. The number of rotatable bonds is 4. The summed E-state index contributed by atoms with van der Waals surface area (Å²) in [5.41, 5.74) is 3.17. The van der Waals surface area contributed by atoms with Crippen LogP contribution in [0.3, 0.4) is 0 Å². The van der Waals surface area contributed by atoms with Gasteiger partial charge in [-0.05, 0) is 65.8 Å². The Morgan fingerprint density at radius 2 is 1.43 bits per heavy atom. The SMILES string of the molecule is COc1ccc(C2=C[C@@H](c3ccc(OC)cc3)NC(=S)N2)cc1. The lowest BCUT2D eigenvalue weighted by Crippen LogP contribution is -2.40. The van der Waals surface area contributed by atoms with Gasteiger partial charge in [-0.25, -0.2) is 0 Å². The second kappa shape index (κ2) is 6.71. The molecule has 1 atom stereocenters. The fraction of sp³-hybridized carbons (Fsp3) is 0.167. The molecular weight excluding hydrogens is 308 g/mol. The van der Waals surface area contributed by atoms with Crippen molar-refractivity contribution >= 4 is 23.0 Å². The first-order valence-electron chi connectivity index (χ1n) is 7.27. The van der Waals surface area contributed by atoms with E-state index in [1.165, 1.54) is 0 Å². The van der Waals surface area contributed by atoms with Gasteiger partial charge in [0, 0.05) is 5.70 Å². The quantitative estimate of drug-likeness (QED) is 0.844. The zero-order valence-corrected chi connectivity index (χ0v) is 13.8. The minimum Gasteiger partial charge on any atom is -0.497 e. The summed E-state index contributed by atoms with van der Waals surface area (Å²) in [4.78, 5) is 0. The average molecular weight is 326 g/mol. The van der Waals surface area contributed by atoms with Gasteiger partial charge >= 0.3 is 0 Å². The van der Waals surface area contributed by atoms with E-state index in [1.54, 1.807) is 14.2 Å². The van der Waals surface area contributed by atoms with Crippen LogP contribution in [0, 0.1) is 0 Å². The number of methoxy groups -OCH3 is 2. The summed E-state index contributed by atoms with van der Waals surface area (Å²) in [7, 11) is 3.32. The van der Waals surface area contributed by atoms with E-state index in [2.05, 4.69) is 16.7 Å². The maximum atomic E-state index is 5.34. The van der Waals surface area contributed by atoms with Gasteiger partial charge in [0.1, 0.15) is 11.5 Å². The van der Waals surface area contributed by atoms with Gasteiger partial charge in [-0.2, -0.15) is 0 Å². The third-order valence-corrected chi connectivity index (χ3v) is 3.96. The van der Waals surface area contributed by atoms with Crippen LogP contribution in [0.4, 0.5) is 0 Å². The van der Waals surface area contributed by atoms with Crippen molar-refractivity contribution in [3.8, 4) is 11.5 Å². The fourth-order valence-electron chi connectivity index (χ4n) is 2.48. The summed E-state index contributed by atoms with van der Waals surface area (Å²) < 4.78 is 10.4. The summed E-state index contributed by atoms with van der Waals surface area (Å²) >= 11 is 5.34. The molecule has 0 spiro atoms. The van der Waals surface area contributed by atoms with Crippen LogP contribution in [0.2, 0.25) is 0 Å². The first-order chi connectivity index (χ1) is 11.2. The van der Waals surface area contributed by atoms with Crippen LogP contribution in [-0.4, -0.2) is 19.3 Å². The van der Waals surface area contributed by atoms with Gasteiger partial charge in [0.05, 0.1) is 20.3 Å². The summed E-state index contributed by atoms with van der Waals surface area (Å²) in [5.74, 6) is 1.67. The number of ether oxygens (including phenoxy) is 2. The lowest BCUT2D eigenvalue weighted by molar-refractivity contribution is 0.414. The van der Waals surface area contributed by atoms with Gasteiger partial charge in [0.15, 0.2) is 5.11 Å². The molecule has 2 aromatic carbocycles. The molecule has 2 N–H and O–H groups in total. The molecule has 1 aliphatic rings. The van der Waals surface area contributed by atoms with Crippen LogP contribution in [-0.2, 0) is 0 Å². The molecule has 0 aliphatic carbocycles. The molecule has 4 nitrogen and oxygen atoms in total. The van der Waals surface area contributed by atoms with E-state index >= 15 is 0 Å². The molecule has 0 saturated heterocycles. The lowest BCUT2D eigenvalue weighted by Gasteiger charge is -2.26. The van der Waals surface area contributed by atoms with Crippen molar-refractivity contribution in [2.75, 3.05) is 14.2 Å². The van der Waals surface area contributed by atoms with Gasteiger partial charge in [-0.1, -0.05) is 12.1 Å². The van der Waals surface area contributed by atoms with Gasteiger partial charge < -0.3 is 20.1 Å².